The second-order valence-corrected chi connectivity index (χ2v) is 17.7. The van der Waals surface area contributed by atoms with Crippen LogP contribution in [0.4, 0.5) is 9.59 Å². The SMILES string of the molecule is CC[C@H]1OC(=O)[C@H](C)C(=O)[C@H](C)[C@@H](O[C@@H]2O[C@H](C)C[C@H](N(C)C)[C@H]2O)[C@@]2(C)C[C@@H](C)C(=O)[C@H](C)[C@@H]3N(CC(=NCc4cccc5cccnc45)CNC(=O)O2)C(=O)O[C@@]31C. The van der Waals surface area contributed by atoms with Gasteiger partial charge >= 0.3 is 18.2 Å². The van der Waals surface area contributed by atoms with Crippen molar-refractivity contribution < 1.29 is 52.8 Å². The first kappa shape index (κ1) is 45.0. The van der Waals surface area contributed by atoms with Crippen molar-refractivity contribution >= 4 is 46.3 Å². The molecular formula is C44H61N5O11. The zero-order valence-electron chi connectivity index (χ0n) is 36.4. The van der Waals surface area contributed by atoms with Crippen molar-refractivity contribution in [2.45, 2.75) is 135 Å². The Morgan fingerprint density at radius 2 is 1.72 bits per heavy atom. The number of ether oxygens (including phenoxy) is 5. The Labute approximate surface area is 351 Å². The third-order valence-corrected chi connectivity index (χ3v) is 13.0. The Morgan fingerprint density at radius 3 is 2.42 bits per heavy atom. The molecule has 0 unspecified atom stereocenters. The zero-order chi connectivity index (χ0) is 43.8. The fourth-order valence-electron chi connectivity index (χ4n) is 9.81. The van der Waals surface area contributed by atoms with E-state index in [-0.39, 0.29) is 50.4 Å². The number of nitrogens with zero attached hydrogens (tertiary/aromatic N) is 4. The van der Waals surface area contributed by atoms with Gasteiger partial charge in [-0.3, -0.25) is 29.3 Å². The van der Waals surface area contributed by atoms with Gasteiger partial charge in [-0.15, -0.1) is 0 Å². The number of hydrogen-bond acceptors (Lipinski definition) is 14. The molecule has 2 N–H and O–H groups in total. The largest absolute Gasteiger partial charge is 0.458 e. The fraction of sp³-hybridized carbons (Fsp3) is 0.659. The van der Waals surface area contributed by atoms with Crippen molar-refractivity contribution in [3.05, 3.63) is 42.1 Å². The molecule has 2 bridgehead atoms. The van der Waals surface area contributed by atoms with E-state index in [9.17, 15) is 29.1 Å². The first-order valence-electron chi connectivity index (χ1n) is 21.0. The fourth-order valence-corrected chi connectivity index (χ4v) is 9.81. The molecular weight excluding hydrogens is 775 g/mol. The minimum atomic E-state index is -1.74. The van der Waals surface area contributed by atoms with Crippen LogP contribution in [-0.2, 0) is 44.6 Å². The Hall–Kier alpha value is -4.51. The number of hydrogen-bond donors (Lipinski definition) is 2. The van der Waals surface area contributed by atoms with Crippen LogP contribution in [0.5, 0.6) is 0 Å². The summed E-state index contributed by atoms with van der Waals surface area (Å²) in [5, 5.41) is 15.3. The minimum Gasteiger partial charge on any atom is -0.458 e. The van der Waals surface area contributed by atoms with E-state index in [1.165, 1.54) is 11.8 Å². The number of rotatable bonds is 6. The van der Waals surface area contributed by atoms with Crippen LogP contribution in [0.3, 0.4) is 0 Å². The van der Waals surface area contributed by atoms with E-state index in [0.29, 0.717) is 12.1 Å². The molecule has 13 atom stereocenters. The Bertz CT molecular complexity index is 1990. The lowest BCUT2D eigenvalue weighted by molar-refractivity contribution is -0.292. The predicted molar refractivity (Wildman–Crippen MR) is 220 cm³/mol. The first-order chi connectivity index (χ1) is 28.3. The number of aliphatic hydroxyl groups excluding tert-OH is 1. The molecule has 5 heterocycles. The highest BCUT2D eigenvalue weighted by Gasteiger charge is 2.61. The maximum atomic E-state index is 14.9. The van der Waals surface area contributed by atoms with Gasteiger partial charge in [-0.1, -0.05) is 52.0 Å². The Kier molecular flexibility index (Phi) is 13.4. The van der Waals surface area contributed by atoms with Gasteiger partial charge in [0.1, 0.15) is 35.6 Å². The lowest BCUT2D eigenvalue weighted by atomic mass is 9.73. The van der Waals surface area contributed by atoms with Crippen molar-refractivity contribution in [2.24, 2.45) is 28.7 Å². The van der Waals surface area contributed by atoms with Crippen molar-refractivity contribution in [1.82, 2.24) is 20.1 Å². The molecule has 16 nitrogen and oxygen atoms in total. The number of likely N-dealkylation sites (N-methyl/N-ethyl adjacent to an activating group) is 1. The van der Waals surface area contributed by atoms with Gasteiger partial charge in [0.15, 0.2) is 17.7 Å². The molecule has 1 aromatic heterocycles. The van der Waals surface area contributed by atoms with Crippen LogP contribution in [0.2, 0.25) is 0 Å². The molecule has 4 fully saturated rings. The topological polar surface area (TPSA) is 195 Å². The van der Waals surface area contributed by atoms with Gasteiger partial charge in [-0.25, -0.2) is 9.59 Å². The van der Waals surface area contributed by atoms with Gasteiger partial charge in [0.25, 0.3) is 0 Å². The molecule has 6 rings (SSSR count). The molecule has 0 radical (unpaired) electrons. The summed E-state index contributed by atoms with van der Waals surface area (Å²) in [5.74, 6) is -5.97. The molecule has 2 amide bonds. The van der Waals surface area contributed by atoms with Gasteiger partial charge in [0.2, 0.25) is 0 Å². The second kappa shape index (κ2) is 17.8. The number of para-hydroxylation sites is 1. The number of cyclic esters (lactones) is 1. The lowest BCUT2D eigenvalue weighted by Gasteiger charge is -2.47. The summed E-state index contributed by atoms with van der Waals surface area (Å²) < 4.78 is 31.4. The van der Waals surface area contributed by atoms with Crippen LogP contribution < -0.4 is 5.32 Å². The Balaban J connectivity index is 1.50. The van der Waals surface area contributed by atoms with E-state index in [1.807, 2.05) is 56.3 Å². The van der Waals surface area contributed by atoms with Crippen molar-refractivity contribution in [1.29, 1.82) is 0 Å². The third kappa shape index (κ3) is 8.79. The number of alkyl carbamates (subject to hydrolysis) is 1. The number of nitrogens with one attached hydrogen (secondary N) is 1. The summed E-state index contributed by atoms with van der Waals surface area (Å²) in [6.45, 7) is 13.1. The van der Waals surface area contributed by atoms with Crippen LogP contribution >= 0.6 is 0 Å². The van der Waals surface area contributed by atoms with Crippen molar-refractivity contribution in [3.63, 3.8) is 0 Å². The molecule has 0 spiro atoms. The third-order valence-electron chi connectivity index (χ3n) is 13.0. The van der Waals surface area contributed by atoms with Crippen LogP contribution in [0.1, 0.15) is 80.2 Å². The molecule has 1 aromatic carbocycles. The van der Waals surface area contributed by atoms with Gasteiger partial charge in [0.05, 0.1) is 43.0 Å². The van der Waals surface area contributed by atoms with E-state index in [4.69, 9.17) is 28.7 Å². The second-order valence-electron chi connectivity index (χ2n) is 17.7. The van der Waals surface area contributed by atoms with Gasteiger partial charge < -0.3 is 39.0 Å². The number of amides is 2. The van der Waals surface area contributed by atoms with Crippen molar-refractivity contribution in [3.8, 4) is 0 Å². The number of esters is 1. The number of pyridine rings is 1. The molecule has 0 saturated carbocycles. The average molecular weight is 836 g/mol. The highest BCUT2D eigenvalue weighted by molar-refractivity contribution is 6.00. The standard InChI is InChI=1S/C44H61N5O11/c1-11-32-44(8)37-25(4)34(50)23(2)19-43(7,38(26(5)35(51)27(6)39(53)57-32)58-40-36(52)31(48(9)10)18-24(3)56-40)59-41(54)47-21-30(22-49(37)42(55)60-44)46-20-29-15-12-14-28-16-13-17-45-33(28)29/h12-17,23-27,31-32,36-38,40,52H,11,18-22H2,1-10H3,(H,47,54)/t23-,24-,25+,26+,27-,31+,32-,36-,37+,38-,40+,43-,44-/m1/s1. The normalized spacial score (nSPS) is 37.9. The number of ketones is 2. The number of aliphatic hydroxyl groups is 1. The van der Waals surface area contributed by atoms with Crippen molar-refractivity contribution in [2.75, 3.05) is 27.2 Å². The summed E-state index contributed by atoms with van der Waals surface area (Å²) in [7, 11) is 3.66. The molecule has 4 aliphatic heterocycles. The first-order valence-corrected chi connectivity index (χ1v) is 21.0. The van der Waals surface area contributed by atoms with Gasteiger partial charge in [0, 0.05) is 35.4 Å². The van der Waals surface area contributed by atoms with E-state index >= 15 is 0 Å². The zero-order valence-corrected chi connectivity index (χ0v) is 36.4. The summed E-state index contributed by atoms with van der Waals surface area (Å²) in [6.07, 6.45) is -4.62. The van der Waals surface area contributed by atoms with Crippen LogP contribution in [-0.4, -0.2) is 137 Å². The van der Waals surface area contributed by atoms with Crippen LogP contribution in [0.15, 0.2) is 41.5 Å². The number of carbonyl (C=O) groups excluding carboxylic acids is 5. The number of aromatic nitrogens is 1. The van der Waals surface area contributed by atoms with Gasteiger partial charge in [-0.2, -0.15) is 0 Å². The highest BCUT2D eigenvalue weighted by Crippen LogP contribution is 2.43. The molecule has 0 aliphatic carbocycles. The maximum Gasteiger partial charge on any atom is 0.411 e. The number of fused-ring (bicyclic) bond motifs is 5. The minimum absolute atomic E-state index is 0.134. The van der Waals surface area contributed by atoms with Crippen LogP contribution in [0.25, 0.3) is 10.9 Å². The summed E-state index contributed by atoms with van der Waals surface area (Å²) in [4.78, 5) is 84.4. The van der Waals surface area contributed by atoms with E-state index in [1.54, 1.807) is 47.7 Å². The predicted octanol–water partition coefficient (Wildman–Crippen LogP) is 4.47. The quantitative estimate of drug-likeness (QED) is 0.235. The van der Waals surface area contributed by atoms with E-state index < -0.39 is 89.5 Å². The molecule has 4 aliphatic rings. The van der Waals surface area contributed by atoms with E-state index in [2.05, 4.69) is 10.3 Å². The monoisotopic (exact) mass is 835 g/mol. The molecule has 4 saturated heterocycles. The number of carbonyl (C=O) groups is 5. The molecule has 2 aromatic rings. The molecule has 328 valence electrons. The Morgan fingerprint density at radius 1 is 1.00 bits per heavy atom. The number of benzene rings is 1. The average Bonchev–Trinajstić information content (AvgIpc) is 3.46. The molecule has 60 heavy (non-hydrogen) atoms. The summed E-state index contributed by atoms with van der Waals surface area (Å²) in [6, 6.07) is 8.18. The smallest absolute Gasteiger partial charge is 0.411 e. The summed E-state index contributed by atoms with van der Waals surface area (Å²) >= 11 is 0. The highest BCUT2D eigenvalue weighted by atomic mass is 16.7. The summed E-state index contributed by atoms with van der Waals surface area (Å²) in [5.41, 5.74) is -1.36. The van der Waals surface area contributed by atoms with E-state index in [0.717, 1.165) is 16.5 Å². The number of aliphatic imine (C=N–C) groups is 1. The van der Waals surface area contributed by atoms with Crippen LogP contribution in [0, 0.1) is 23.7 Å². The lowest BCUT2D eigenvalue weighted by Crippen LogP contribution is -2.60. The maximum absolute atomic E-state index is 14.9. The van der Waals surface area contributed by atoms with Gasteiger partial charge in [-0.05, 0) is 72.7 Å². The molecule has 16 heteroatoms. The number of Topliss-reactive ketones (excluding diaryl/α,β-unsaturated/α-hetero) is 2.